The number of aliphatic hydroxyl groups is 1. The second kappa shape index (κ2) is 10.4. The molecular formula is C33H42FN5O2. The summed E-state index contributed by atoms with van der Waals surface area (Å²) in [5.41, 5.74) is 3.32. The molecule has 0 saturated carbocycles. The summed E-state index contributed by atoms with van der Waals surface area (Å²) in [6, 6.07) is 10.2. The molecule has 0 spiro atoms. The summed E-state index contributed by atoms with van der Waals surface area (Å²) in [6.07, 6.45) is 7.94. The highest BCUT2D eigenvalue weighted by molar-refractivity contribution is 5.97. The van der Waals surface area contributed by atoms with E-state index < -0.39 is 5.60 Å². The standard InChI is InChI=1S/C33H42FN5O2/c1-3-24-26(34)11-10-23-8-4-9-28(29(23)24)37-19-12-25-27(20-37)35-31(36-30(25)38-16-5-13-32(2,40)21-38)41-22-33-14-6-17-39(33)18-7-15-33/h4,8-11,40H,3,5-7,12-22H2,1-2H3/t32-/m1/s1. The zero-order chi connectivity index (χ0) is 28.2. The maximum Gasteiger partial charge on any atom is 0.318 e. The fraction of sp³-hybridized carbons (Fsp3) is 0.576. The summed E-state index contributed by atoms with van der Waals surface area (Å²) < 4.78 is 21.4. The zero-order valence-electron chi connectivity index (χ0n) is 24.5. The Hall–Kier alpha value is -2.97. The highest BCUT2D eigenvalue weighted by Gasteiger charge is 2.45. The third-order valence-electron chi connectivity index (χ3n) is 10.0. The van der Waals surface area contributed by atoms with Gasteiger partial charge in [0.1, 0.15) is 18.2 Å². The number of hydrogen-bond acceptors (Lipinski definition) is 7. The van der Waals surface area contributed by atoms with Gasteiger partial charge in [0.05, 0.1) is 23.4 Å². The minimum absolute atomic E-state index is 0.115. The molecule has 0 unspecified atom stereocenters. The van der Waals surface area contributed by atoms with Gasteiger partial charge in [-0.2, -0.15) is 9.97 Å². The number of β-amino-alcohol motifs (C(OH)–C–C–N with tert-alkyl or cyclic N) is 1. The highest BCUT2D eigenvalue weighted by atomic mass is 19.1. The number of piperidine rings is 1. The van der Waals surface area contributed by atoms with E-state index in [1.807, 2.05) is 19.9 Å². The van der Waals surface area contributed by atoms with Crippen LogP contribution in [0.4, 0.5) is 15.9 Å². The predicted octanol–water partition coefficient (Wildman–Crippen LogP) is 5.25. The SMILES string of the molecule is CCc1c(F)ccc2cccc(N3CCc4c(nc(OCC56CCCN5CCC6)nc4N4CCC[C@@](C)(O)C4)C3)c12. The lowest BCUT2D eigenvalue weighted by Crippen LogP contribution is -2.47. The molecule has 41 heavy (non-hydrogen) atoms. The first-order valence-electron chi connectivity index (χ1n) is 15.6. The molecule has 7 rings (SSSR count). The summed E-state index contributed by atoms with van der Waals surface area (Å²) >= 11 is 0. The van der Waals surface area contributed by atoms with Gasteiger partial charge in [-0.25, -0.2) is 4.39 Å². The topological polar surface area (TPSA) is 65.0 Å². The molecule has 8 heteroatoms. The molecule has 0 bridgehead atoms. The average molecular weight is 560 g/mol. The second-order valence-corrected chi connectivity index (χ2v) is 12.9. The van der Waals surface area contributed by atoms with Crippen molar-refractivity contribution >= 4 is 22.3 Å². The van der Waals surface area contributed by atoms with Gasteiger partial charge >= 0.3 is 6.01 Å². The number of ether oxygens (including phenoxy) is 1. The van der Waals surface area contributed by atoms with Crippen LogP contribution in [0.15, 0.2) is 30.3 Å². The lowest BCUT2D eigenvalue weighted by Gasteiger charge is -2.40. The van der Waals surface area contributed by atoms with Crippen LogP contribution in [0.25, 0.3) is 10.8 Å². The Morgan fingerprint density at radius 3 is 2.56 bits per heavy atom. The second-order valence-electron chi connectivity index (χ2n) is 12.9. The predicted molar refractivity (Wildman–Crippen MR) is 160 cm³/mol. The highest BCUT2D eigenvalue weighted by Crippen LogP contribution is 2.40. The van der Waals surface area contributed by atoms with E-state index >= 15 is 0 Å². The first-order chi connectivity index (χ1) is 19.9. The molecule has 5 heterocycles. The molecule has 2 aromatic carbocycles. The first kappa shape index (κ1) is 26.9. The monoisotopic (exact) mass is 559 g/mol. The van der Waals surface area contributed by atoms with E-state index in [4.69, 9.17) is 14.7 Å². The summed E-state index contributed by atoms with van der Waals surface area (Å²) in [5.74, 6) is 0.768. The van der Waals surface area contributed by atoms with Crippen LogP contribution in [0.5, 0.6) is 6.01 Å². The number of anilines is 2. The van der Waals surface area contributed by atoms with Crippen molar-refractivity contribution in [3.63, 3.8) is 0 Å². The molecule has 1 aromatic heterocycles. The fourth-order valence-electron chi connectivity index (χ4n) is 8.00. The van der Waals surface area contributed by atoms with Crippen LogP contribution in [0.3, 0.4) is 0 Å². The molecule has 218 valence electrons. The molecule has 3 aromatic rings. The number of hydrogen-bond donors (Lipinski definition) is 1. The summed E-state index contributed by atoms with van der Waals surface area (Å²) in [5, 5.41) is 13.0. The van der Waals surface area contributed by atoms with E-state index in [0.717, 1.165) is 84.5 Å². The smallest absolute Gasteiger partial charge is 0.318 e. The van der Waals surface area contributed by atoms with Gasteiger partial charge in [0, 0.05) is 36.3 Å². The normalized spacial score (nSPS) is 24.1. The van der Waals surface area contributed by atoms with Crippen LogP contribution in [0.2, 0.25) is 0 Å². The van der Waals surface area contributed by atoms with Crippen molar-refractivity contribution < 1.29 is 14.2 Å². The van der Waals surface area contributed by atoms with Crippen molar-refractivity contribution in [3.05, 3.63) is 53.0 Å². The first-order valence-corrected chi connectivity index (χ1v) is 15.6. The number of benzene rings is 2. The van der Waals surface area contributed by atoms with Crippen LogP contribution in [0.1, 0.15) is 69.2 Å². The van der Waals surface area contributed by atoms with Crippen molar-refractivity contribution in [1.29, 1.82) is 0 Å². The Labute approximate surface area is 242 Å². The van der Waals surface area contributed by atoms with Crippen molar-refractivity contribution in [2.24, 2.45) is 0 Å². The van der Waals surface area contributed by atoms with Gasteiger partial charge in [-0.3, -0.25) is 4.90 Å². The lowest BCUT2D eigenvalue weighted by atomic mass is 9.94. The molecule has 7 nitrogen and oxygen atoms in total. The Bertz CT molecular complexity index is 1450. The Morgan fingerprint density at radius 1 is 0.976 bits per heavy atom. The van der Waals surface area contributed by atoms with Crippen LogP contribution >= 0.6 is 0 Å². The number of nitrogens with zero attached hydrogens (tertiary/aromatic N) is 5. The van der Waals surface area contributed by atoms with Crippen LogP contribution in [0, 0.1) is 5.82 Å². The number of fused-ring (bicyclic) bond motifs is 3. The maximum atomic E-state index is 14.9. The van der Waals surface area contributed by atoms with E-state index in [0.29, 0.717) is 32.1 Å². The zero-order valence-corrected chi connectivity index (χ0v) is 24.5. The Kier molecular flexibility index (Phi) is 6.81. The maximum absolute atomic E-state index is 14.9. The molecule has 3 fully saturated rings. The molecule has 0 aliphatic carbocycles. The Balaban J connectivity index is 1.25. The van der Waals surface area contributed by atoms with E-state index in [1.165, 1.54) is 25.7 Å². The van der Waals surface area contributed by atoms with Gasteiger partial charge in [0.25, 0.3) is 0 Å². The molecule has 4 aliphatic heterocycles. The lowest BCUT2D eigenvalue weighted by molar-refractivity contribution is 0.0445. The van der Waals surface area contributed by atoms with Gasteiger partial charge in [-0.15, -0.1) is 0 Å². The molecule has 0 amide bonds. The summed E-state index contributed by atoms with van der Waals surface area (Å²) in [4.78, 5) is 17.2. The van der Waals surface area contributed by atoms with E-state index in [2.05, 4.69) is 32.9 Å². The fourth-order valence-corrected chi connectivity index (χ4v) is 8.00. The average Bonchev–Trinajstić information content (AvgIpc) is 3.55. The van der Waals surface area contributed by atoms with Crippen molar-refractivity contribution in [2.75, 3.05) is 49.1 Å². The van der Waals surface area contributed by atoms with Gasteiger partial charge in [-0.1, -0.05) is 25.1 Å². The molecule has 3 saturated heterocycles. The molecule has 1 N–H and O–H groups in total. The van der Waals surface area contributed by atoms with Crippen LogP contribution < -0.4 is 14.5 Å². The molecule has 1 atom stereocenters. The minimum Gasteiger partial charge on any atom is -0.461 e. The van der Waals surface area contributed by atoms with E-state index in [9.17, 15) is 9.50 Å². The third-order valence-corrected chi connectivity index (χ3v) is 10.0. The summed E-state index contributed by atoms with van der Waals surface area (Å²) in [6.45, 7) is 9.70. The van der Waals surface area contributed by atoms with Crippen molar-refractivity contribution in [1.82, 2.24) is 14.9 Å². The van der Waals surface area contributed by atoms with Gasteiger partial charge < -0.3 is 19.6 Å². The van der Waals surface area contributed by atoms with Gasteiger partial charge in [0.2, 0.25) is 0 Å². The minimum atomic E-state index is -0.742. The van der Waals surface area contributed by atoms with Gasteiger partial charge in [-0.05, 0) is 94.5 Å². The Morgan fingerprint density at radius 2 is 1.78 bits per heavy atom. The molecular weight excluding hydrogens is 517 g/mol. The number of rotatable bonds is 6. The number of halogens is 1. The summed E-state index contributed by atoms with van der Waals surface area (Å²) in [7, 11) is 0. The molecule has 0 radical (unpaired) electrons. The third kappa shape index (κ3) is 4.83. The van der Waals surface area contributed by atoms with Gasteiger partial charge in [0.15, 0.2) is 0 Å². The largest absolute Gasteiger partial charge is 0.461 e. The number of aryl methyl sites for hydroxylation is 1. The van der Waals surface area contributed by atoms with Crippen molar-refractivity contribution in [2.45, 2.75) is 82.9 Å². The van der Waals surface area contributed by atoms with Crippen LogP contribution in [-0.2, 0) is 19.4 Å². The van der Waals surface area contributed by atoms with E-state index in [-0.39, 0.29) is 11.4 Å². The molecule has 4 aliphatic rings. The van der Waals surface area contributed by atoms with Crippen molar-refractivity contribution in [3.8, 4) is 6.01 Å². The van der Waals surface area contributed by atoms with Crippen LogP contribution in [-0.4, -0.2) is 70.4 Å². The van der Waals surface area contributed by atoms with E-state index in [1.54, 1.807) is 6.07 Å². The number of aromatic nitrogens is 2. The quantitative estimate of drug-likeness (QED) is 0.443.